The molecule has 1 aromatic rings. The van der Waals surface area contributed by atoms with Gasteiger partial charge in [-0.15, -0.1) is 0 Å². The van der Waals surface area contributed by atoms with Crippen LogP contribution < -0.4 is 0 Å². The summed E-state index contributed by atoms with van der Waals surface area (Å²) in [5.74, 6) is 0. The van der Waals surface area contributed by atoms with Gasteiger partial charge in [-0.25, -0.2) is 0 Å². The van der Waals surface area contributed by atoms with Crippen LogP contribution in [0.15, 0.2) is 18.2 Å². The Labute approximate surface area is 203 Å². The predicted octanol–water partition coefficient (Wildman–Crippen LogP) is 11.0. The minimum Gasteiger partial charge on any atom is -0.0654 e. The molecule has 185 valence electrons. The summed E-state index contributed by atoms with van der Waals surface area (Å²) in [6.07, 6.45) is 31.6. The molecule has 0 bridgehead atoms. The minimum atomic E-state index is 1.05. The van der Waals surface area contributed by atoms with E-state index < -0.39 is 0 Å². The van der Waals surface area contributed by atoms with Crippen LogP contribution in [0.25, 0.3) is 0 Å². The molecule has 0 saturated carbocycles. The van der Waals surface area contributed by atoms with Crippen LogP contribution in [0.2, 0.25) is 0 Å². The zero-order valence-electron chi connectivity index (χ0n) is 22.2. The molecule has 0 unspecified atom stereocenters. The fourth-order valence-corrected chi connectivity index (χ4v) is 4.88. The van der Waals surface area contributed by atoms with Gasteiger partial charge in [-0.05, 0) is 55.2 Å². The highest BCUT2D eigenvalue weighted by atomic mass is 14.1. The molecule has 0 heteroatoms. The maximum Gasteiger partial charge on any atom is -0.0279 e. The van der Waals surface area contributed by atoms with Gasteiger partial charge in [-0.1, -0.05) is 148 Å². The molecule has 0 fully saturated rings. The molecular weight excluding hydrogens is 384 g/mol. The Kier molecular flexibility index (Phi) is 20.1. The molecule has 0 aliphatic heterocycles. The Bertz CT molecular complexity index is 475. The Morgan fingerprint density at radius 3 is 1.00 bits per heavy atom. The van der Waals surface area contributed by atoms with Crippen molar-refractivity contribution < 1.29 is 0 Å². The van der Waals surface area contributed by atoms with Crippen molar-refractivity contribution in [1.29, 1.82) is 0 Å². The van der Waals surface area contributed by atoms with E-state index in [2.05, 4.69) is 39.0 Å². The molecule has 32 heavy (non-hydrogen) atoms. The van der Waals surface area contributed by atoms with Crippen LogP contribution >= 0.6 is 0 Å². The lowest BCUT2D eigenvalue weighted by Crippen LogP contribution is -1.96. The van der Waals surface area contributed by atoms with Crippen molar-refractivity contribution >= 4 is 0 Å². The third-order valence-corrected chi connectivity index (χ3v) is 6.97. The van der Waals surface area contributed by atoms with E-state index in [1.165, 1.54) is 141 Å². The Hall–Kier alpha value is -0.780. The van der Waals surface area contributed by atoms with Gasteiger partial charge in [-0.2, -0.15) is 0 Å². The molecule has 0 spiro atoms. The molecule has 0 heterocycles. The van der Waals surface area contributed by atoms with Gasteiger partial charge >= 0.3 is 0 Å². The highest BCUT2D eigenvalue weighted by molar-refractivity contribution is 5.30. The zero-order chi connectivity index (χ0) is 23.1. The summed E-state index contributed by atoms with van der Waals surface area (Å²) in [4.78, 5) is 0. The molecule has 1 rings (SSSR count). The first-order valence-electron chi connectivity index (χ1n) is 14.7. The van der Waals surface area contributed by atoms with Crippen molar-refractivity contribution in [2.45, 2.75) is 162 Å². The molecule has 0 N–H and O–H groups in total. The minimum absolute atomic E-state index is 1.05. The first kappa shape index (κ1) is 29.3. The van der Waals surface area contributed by atoms with Gasteiger partial charge in [0.1, 0.15) is 0 Å². The molecular formula is C32H57. The highest BCUT2D eigenvalue weighted by Crippen LogP contribution is 2.19. The van der Waals surface area contributed by atoms with Crippen LogP contribution in [0.3, 0.4) is 0 Å². The van der Waals surface area contributed by atoms with Gasteiger partial charge in [0.05, 0.1) is 0 Å². The second-order valence-electron chi connectivity index (χ2n) is 10.3. The van der Waals surface area contributed by atoms with Crippen LogP contribution in [-0.4, -0.2) is 0 Å². The molecule has 1 aromatic carbocycles. The predicted molar refractivity (Wildman–Crippen MR) is 147 cm³/mol. The fourth-order valence-electron chi connectivity index (χ4n) is 4.88. The maximum atomic E-state index is 4.05. The molecule has 0 aliphatic rings. The molecule has 0 nitrogen and oxygen atoms in total. The van der Waals surface area contributed by atoms with Gasteiger partial charge in [0, 0.05) is 0 Å². The highest BCUT2D eigenvalue weighted by Gasteiger charge is 2.03. The quantitative estimate of drug-likeness (QED) is 0.148. The van der Waals surface area contributed by atoms with Crippen molar-refractivity contribution in [3.8, 4) is 0 Å². The van der Waals surface area contributed by atoms with Crippen LogP contribution in [0.5, 0.6) is 0 Å². The van der Waals surface area contributed by atoms with E-state index in [-0.39, 0.29) is 0 Å². The van der Waals surface area contributed by atoms with E-state index in [4.69, 9.17) is 0 Å². The number of unbranched alkanes of at least 4 members (excludes halogenated alkanes) is 17. The number of hydrogen-bond donors (Lipinski definition) is 0. The van der Waals surface area contributed by atoms with Crippen molar-refractivity contribution in [2.24, 2.45) is 0 Å². The smallest absolute Gasteiger partial charge is 0.0279 e. The summed E-state index contributed by atoms with van der Waals surface area (Å²) in [6.45, 7) is 8.65. The summed E-state index contributed by atoms with van der Waals surface area (Å²) < 4.78 is 0. The maximum absolute atomic E-state index is 4.05. The number of hydrogen-bond acceptors (Lipinski definition) is 0. The molecule has 0 aromatic heterocycles. The SMILES string of the molecule is [CH2]CCCc1cc(CCCCCCCCCCC)cc(CCCCCCCCCCC)c1. The van der Waals surface area contributed by atoms with Crippen molar-refractivity contribution in [3.05, 3.63) is 41.8 Å². The van der Waals surface area contributed by atoms with Gasteiger partial charge in [-0.3, -0.25) is 0 Å². The average molecular weight is 442 g/mol. The first-order valence-corrected chi connectivity index (χ1v) is 14.7. The monoisotopic (exact) mass is 441 g/mol. The second kappa shape index (κ2) is 22.0. The van der Waals surface area contributed by atoms with E-state index >= 15 is 0 Å². The summed E-state index contributed by atoms with van der Waals surface area (Å²) >= 11 is 0. The zero-order valence-corrected chi connectivity index (χ0v) is 22.2. The Morgan fingerprint density at radius 2 is 0.688 bits per heavy atom. The fraction of sp³-hybridized carbons (Fsp3) is 0.781. The largest absolute Gasteiger partial charge is 0.0654 e. The topological polar surface area (TPSA) is 0 Å². The van der Waals surface area contributed by atoms with Gasteiger partial charge < -0.3 is 0 Å². The van der Waals surface area contributed by atoms with Crippen LogP contribution in [0.4, 0.5) is 0 Å². The van der Waals surface area contributed by atoms with Crippen molar-refractivity contribution in [3.63, 3.8) is 0 Å². The molecule has 0 aliphatic carbocycles. The standard InChI is InChI=1S/C32H57/c1-4-7-10-12-14-16-18-20-22-25-31-27-30(24-9-6-3)28-32(29-31)26-23-21-19-17-15-13-11-8-5-2/h27-29H,3-26H2,1-2H3. The summed E-state index contributed by atoms with van der Waals surface area (Å²) in [5.41, 5.74) is 4.76. The third-order valence-electron chi connectivity index (χ3n) is 6.97. The average Bonchev–Trinajstić information content (AvgIpc) is 2.80. The number of benzene rings is 1. The summed E-state index contributed by atoms with van der Waals surface area (Å²) in [7, 11) is 0. The van der Waals surface area contributed by atoms with E-state index in [9.17, 15) is 0 Å². The van der Waals surface area contributed by atoms with Gasteiger partial charge in [0.25, 0.3) is 0 Å². The number of rotatable bonds is 23. The normalized spacial score (nSPS) is 11.3. The lowest BCUT2D eigenvalue weighted by molar-refractivity contribution is 0.563. The van der Waals surface area contributed by atoms with E-state index in [0.29, 0.717) is 0 Å². The van der Waals surface area contributed by atoms with Crippen LogP contribution in [0, 0.1) is 6.92 Å². The Morgan fingerprint density at radius 1 is 0.406 bits per heavy atom. The van der Waals surface area contributed by atoms with E-state index in [1.54, 1.807) is 16.7 Å². The molecule has 0 atom stereocenters. The van der Waals surface area contributed by atoms with E-state index in [1.807, 2.05) is 0 Å². The first-order chi connectivity index (χ1) is 15.8. The summed E-state index contributed by atoms with van der Waals surface area (Å²) in [5, 5.41) is 0. The van der Waals surface area contributed by atoms with E-state index in [0.717, 1.165) is 6.42 Å². The van der Waals surface area contributed by atoms with Gasteiger partial charge in [0.15, 0.2) is 0 Å². The van der Waals surface area contributed by atoms with Crippen LogP contribution in [-0.2, 0) is 19.3 Å². The summed E-state index contributed by atoms with van der Waals surface area (Å²) in [6, 6.07) is 7.53. The van der Waals surface area contributed by atoms with Crippen molar-refractivity contribution in [2.75, 3.05) is 0 Å². The lowest BCUT2D eigenvalue weighted by atomic mass is 9.95. The van der Waals surface area contributed by atoms with Crippen LogP contribution in [0.1, 0.15) is 159 Å². The van der Waals surface area contributed by atoms with Gasteiger partial charge in [0.2, 0.25) is 0 Å². The molecule has 0 saturated heterocycles. The third kappa shape index (κ3) is 16.8. The molecule has 0 amide bonds. The molecule has 1 radical (unpaired) electrons. The Balaban J connectivity index is 2.29. The second-order valence-corrected chi connectivity index (χ2v) is 10.3. The number of aryl methyl sites for hydroxylation is 3. The lowest BCUT2D eigenvalue weighted by Gasteiger charge is -2.11. The van der Waals surface area contributed by atoms with Crippen molar-refractivity contribution in [1.82, 2.24) is 0 Å².